The van der Waals surface area contributed by atoms with Gasteiger partial charge in [-0.15, -0.1) is 0 Å². The molecule has 133 heavy (non-hydrogen) atoms. The van der Waals surface area contributed by atoms with Gasteiger partial charge in [0, 0.05) is 67.8 Å². The van der Waals surface area contributed by atoms with Crippen LogP contribution in [0.5, 0.6) is 0 Å². The lowest BCUT2D eigenvalue weighted by Crippen LogP contribution is -2.28. The smallest absolute Gasteiger partial charge is 0.0714 e. The maximum absolute atomic E-state index is 3.65. The maximum atomic E-state index is 3.65. The molecule has 0 spiro atoms. The van der Waals surface area contributed by atoms with E-state index in [9.17, 15) is 0 Å². The van der Waals surface area contributed by atoms with E-state index in [1.54, 1.807) is 0 Å². The Kier molecular flexibility index (Phi) is 20.0. The van der Waals surface area contributed by atoms with Crippen molar-refractivity contribution in [3.05, 3.63) is 519 Å². The van der Waals surface area contributed by atoms with E-state index in [4.69, 9.17) is 0 Å². The first-order chi connectivity index (χ1) is 65.2. The highest BCUT2D eigenvalue weighted by molar-refractivity contribution is 9.11. The Hall–Kier alpha value is -14.8. The molecule has 3 heterocycles. The molecule has 0 N–H and O–H groups in total. The number of aromatic nitrogens is 3. The topological polar surface area (TPSA) is 14.8 Å². The summed E-state index contributed by atoms with van der Waals surface area (Å²) in [7, 11) is 0. The summed E-state index contributed by atoms with van der Waals surface area (Å²) in [5.74, 6) is 0. The minimum absolute atomic E-state index is 0.0345. The Morgan fingerprint density at radius 1 is 0.188 bits per heavy atom. The number of benzene rings is 20. The number of rotatable bonds is 11. The summed E-state index contributed by atoms with van der Waals surface area (Å²) in [6.45, 7) is 9.43. The minimum atomic E-state index is -0.449. The van der Waals surface area contributed by atoms with E-state index in [1.165, 1.54) is 221 Å². The van der Waals surface area contributed by atoms with Gasteiger partial charge in [-0.3, -0.25) is 0 Å². The molecule has 0 saturated carbocycles. The Labute approximate surface area is 800 Å². The second-order valence-electron chi connectivity index (χ2n) is 36.5. The zero-order valence-corrected chi connectivity index (χ0v) is 78.6. The lowest BCUT2D eigenvalue weighted by molar-refractivity contribution is 0.656. The molecule has 0 atom stereocenters. The van der Waals surface area contributed by atoms with E-state index < -0.39 is 5.41 Å². The highest BCUT2D eigenvalue weighted by Gasteiger charge is 2.47. The third-order valence-corrected chi connectivity index (χ3v) is 29.9. The molecule has 632 valence electrons. The van der Waals surface area contributed by atoms with Crippen molar-refractivity contribution in [2.75, 3.05) is 0 Å². The van der Waals surface area contributed by atoms with Gasteiger partial charge in [0.15, 0.2) is 0 Å². The number of nitrogens with zero attached hydrogens (tertiary/aromatic N) is 3. The molecule has 26 rings (SSSR count). The molecular weight excluding hydrogens is 1810 g/mol. The van der Waals surface area contributed by atoms with Gasteiger partial charge in [0.25, 0.3) is 0 Å². The fraction of sp³-hybridized carbons (Fsp3) is 0.0551. The predicted molar refractivity (Wildman–Crippen MR) is 570 cm³/mol. The highest BCUT2D eigenvalue weighted by Crippen LogP contribution is 2.59. The molecule has 3 nitrogen and oxygen atoms in total. The summed E-state index contributed by atoms with van der Waals surface area (Å²) in [4.78, 5) is 0. The maximum Gasteiger partial charge on any atom is 0.0714 e. The summed E-state index contributed by atoms with van der Waals surface area (Å²) >= 11 is 10.9. The molecule has 20 aromatic carbocycles. The van der Waals surface area contributed by atoms with Crippen LogP contribution in [0.15, 0.2) is 474 Å². The van der Waals surface area contributed by atoms with Gasteiger partial charge >= 0.3 is 0 Å². The number of fused-ring (bicyclic) bond motifs is 18. The van der Waals surface area contributed by atoms with Crippen molar-refractivity contribution in [3.63, 3.8) is 0 Å². The van der Waals surface area contributed by atoms with Crippen LogP contribution in [0.1, 0.15) is 72.2 Å². The van der Waals surface area contributed by atoms with Crippen molar-refractivity contribution in [2.45, 2.75) is 43.9 Å². The number of hydrogen-bond donors (Lipinski definition) is 0. The van der Waals surface area contributed by atoms with E-state index in [-0.39, 0.29) is 10.8 Å². The standard InChI is InChI=1S/C49H32BrN.2C39H28BrN/c50-39-20-12-15-35(30-39)33-13-11-14-34(29-33)36-25-28-48-44(31-36)43-22-8-10-24-47(43)51(48)40-26-27-42-41-21-7-9-23-45(41)49(46(42)32-40,37-16-3-1-4-17-37)38-18-5-2-6-19-38;1-39(2)33-16-5-3-15-31(33)38-34(39)17-9-19-37(38)41-35-18-6-4-14-30(35)32-24-28(20-21-36(32)41)26-11-7-10-25(22-26)27-12-8-13-29(40)23-27;1-39(2)34-17-5-3-14-30(34)32-16-9-19-37(38(32)39)41-35-18-6-4-15-31(35)33-24-28(20-21-36(33)41)26-11-7-10-25(22-26)27-12-8-13-29(40)23-27/h1-32H;2*3-24H,1-2H3. The summed E-state index contributed by atoms with van der Waals surface area (Å²) < 4.78 is 10.7. The fourth-order valence-electron chi connectivity index (χ4n) is 22.4. The van der Waals surface area contributed by atoms with E-state index in [2.05, 4.69) is 550 Å². The summed E-state index contributed by atoms with van der Waals surface area (Å²) in [6, 6.07) is 169. The van der Waals surface area contributed by atoms with Gasteiger partial charge < -0.3 is 13.7 Å². The first kappa shape index (κ1) is 81.5. The van der Waals surface area contributed by atoms with Crippen LogP contribution in [0, 0.1) is 0 Å². The van der Waals surface area contributed by atoms with Gasteiger partial charge in [0.1, 0.15) is 0 Å². The fourth-order valence-corrected chi connectivity index (χ4v) is 23.6. The van der Waals surface area contributed by atoms with Crippen LogP contribution in [0.4, 0.5) is 0 Å². The Morgan fingerprint density at radius 3 is 0.970 bits per heavy atom. The van der Waals surface area contributed by atoms with Crippen molar-refractivity contribution in [1.29, 1.82) is 0 Å². The minimum Gasteiger partial charge on any atom is -0.309 e. The first-order valence-electron chi connectivity index (χ1n) is 45.7. The first-order valence-corrected chi connectivity index (χ1v) is 48.1. The quantitative estimate of drug-likeness (QED) is 0.123. The number of halogens is 3. The average molecular weight is 1900 g/mol. The average Bonchev–Trinajstić information content (AvgIpc) is 1.54. The van der Waals surface area contributed by atoms with Gasteiger partial charge in [-0.1, -0.05) is 403 Å². The summed E-state index contributed by atoms with van der Waals surface area (Å²) in [5.41, 5.74) is 43.7. The molecule has 0 radical (unpaired) electrons. The number of para-hydroxylation sites is 3. The molecule has 0 bridgehead atoms. The van der Waals surface area contributed by atoms with Crippen molar-refractivity contribution < 1.29 is 0 Å². The summed E-state index contributed by atoms with van der Waals surface area (Å²) in [6.07, 6.45) is 0. The van der Waals surface area contributed by atoms with Gasteiger partial charge in [0.2, 0.25) is 0 Å². The van der Waals surface area contributed by atoms with Crippen molar-refractivity contribution in [1.82, 2.24) is 13.7 Å². The molecule has 0 amide bonds. The summed E-state index contributed by atoms with van der Waals surface area (Å²) in [5, 5.41) is 7.59. The van der Waals surface area contributed by atoms with Crippen LogP contribution in [0.25, 0.3) is 183 Å². The van der Waals surface area contributed by atoms with Crippen LogP contribution in [0.2, 0.25) is 0 Å². The molecule has 3 aromatic heterocycles. The second-order valence-corrected chi connectivity index (χ2v) is 39.3. The molecule has 3 aliphatic carbocycles. The molecule has 6 heteroatoms. The van der Waals surface area contributed by atoms with Crippen LogP contribution in [-0.2, 0) is 16.2 Å². The third-order valence-electron chi connectivity index (χ3n) is 28.4. The molecule has 0 fully saturated rings. The molecule has 23 aromatic rings. The van der Waals surface area contributed by atoms with Crippen molar-refractivity contribution in [3.8, 4) is 117 Å². The van der Waals surface area contributed by atoms with Gasteiger partial charge in [-0.05, 0) is 273 Å². The van der Waals surface area contributed by atoms with Crippen molar-refractivity contribution >= 4 is 113 Å². The van der Waals surface area contributed by atoms with E-state index in [0.29, 0.717) is 0 Å². The van der Waals surface area contributed by atoms with E-state index in [0.717, 1.165) is 19.1 Å². The lowest BCUT2D eigenvalue weighted by Gasteiger charge is -2.34. The van der Waals surface area contributed by atoms with Gasteiger partial charge in [-0.25, -0.2) is 0 Å². The van der Waals surface area contributed by atoms with Crippen LogP contribution in [-0.4, -0.2) is 13.7 Å². The Balaban J connectivity index is 0.000000111. The molecule has 0 aliphatic heterocycles. The lowest BCUT2D eigenvalue weighted by atomic mass is 9.67. The molecular formula is C127H88Br3N3. The predicted octanol–water partition coefficient (Wildman–Crippen LogP) is 35.6. The van der Waals surface area contributed by atoms with E-state index in [1.807, 2.05) is 0 Å². The third kappa shape index (κ3) is 13.5. The Morgan fingerprint density at radius 2 is 0.504 bits per heavy atom. The zero-order chi connectivity index (χ0) is 89.4. The SMILES string of the molecule is Brc1cccc(-c2cccc(-c3ccc4c(c3)c3ccccc3n4-c3ccc4c(c3)C(c3ccccc3)(c3ccccc3)c3ccccc3-4)c2)c1.CC1(C)c2ccccc2-c2c(-n3c4ccccc4c4cc(-c5cccc(-c6cccc(Br)c6)c5)ccc43)cccc21.CC1(C)c2ccccc2-c2cccc(-n3c4ccccc4c4cc(-c5cccc(-c6cccc(Br)c6)c5)ccc43)c21. The largest absolute Gasteiger partial charge is 0.309 e. The molecule has 3 aliphatic rings. The van der Waals surface area contributed by atoms with Gasteiger partial charge in [-0.2, -0.15) is 0 Å². The highest BCUT2D eigenvalue weighted by atomic mass is 79.9. The van der Waals surface area contributed by atoms with Crippen LogP contribution < -0.4 is 0 Å². The van der Waals surface area contributed by atoms with Crippen LogP contribution >= 0.6 is 47.8 Å². The molecule has 0 saturated heterocycles. The Bertz CT molecular complexity index is 8590. The van der Waals surface area contributed by atoms with E-state index >= 15 is 0 Å². The zero-order valence-electron chi connectivity index (χ0n) is 73.9. The van der Waals surface area contributed by atoms with Crippen LogP contribution in [0.3, 0.4) is 0 Å². The van der Waals surface area contributed by atoms with Gasteiger partial charge in [0.05, 0.1) is 49.9 Å². The normalized spacial score (nSPS) is 13.3. The monoisotopic (exact) mass is 1890 g/mol. The second kappa shape index (κ2) is 32.7. The number of hydrogen-bond acceptors (Lipinski definition) is 0. The molecule has 0 unspecified atom stereocenters. The van der Waals surface area contributed by atoms with Crippen molar-refractivity contribution in [2.24, 2.45) is 0 Å².